The molecule has 182 valence electrons. The van der Waals surface area contributed by atoms with Crippen molar-refractivity contribution < 1.29 is 18.7 Å². The smallest absolute Gasteiger partial charge is 0.226 e. The number of ether oxygens (including phenoxy) is 2. The van der Waals surface area contributed by atoms with Gasteiger partial charge in [-0.3, -0.25) is 4.79 Å². The highest BCUT2D eigenvalue weighted by atomic mass is 19.1. The highest BCUT2D eigenvalue weighted by Gasteiger charge is 2.53. The van der Waals surface area contributed by atoms with Crippen molar-refractivity contribution in [3.63, 3.8) is 0 Å². The summed E-state index contributed by atoms with van der Waals surface area (Å²) >= 11 is 0. The first kappa shape index (κ1) is 24.2. The molecule has 4 aliphatic rings. The second-order valence-corrected chi connectivity index (χ2v) is 11.3. The van der Waals surface area contributed by atoms with Gasteiger partial charge in [0.25, 0.3) is 0 Å². The number of nitrogens with two attached hydrogens (primary N) is 1. The van der Waals surface area contributed by atoms with Crippen LogP contribution in [0.4, 0.5) is 4.39 Å². The lowest BCUT2D eigenvalue weighted by atomic mass is 9.51. The molecule has 4 aliphatic carbocycles. The summed E-state index contributed by atoms with van der Waals surface area (Å²) in [5.74, 6) is 0.980. The highest BCUT2D eigenvalue weighted by Crippen LogP contribution is 2.58. The molecule has 0 aliphatic heterocycles. The molecule has 33 heavy (non-hydrogen) atoms. The molecule has 0 aromatic heterocycles. The van der Waals surface area contributed by atoms with Crippen LogP contribution < -0.4 is 15.8 Å². The standard InChI is InChI=1S/C27H39FN2O3/c1-25(2,3)33-23-14-21(15-23)30-24(31)27-11-8-26(9-12-27,10-13-27)20-4-6-22(7-5-20)32-18-19(16-28)17-29/h4-7,16,21,23H,8-15,17-18,29H2,1-3H3,(H,30,31)/b19-16+/t21-,23+,26?,27?. The SMILES string of the molecule is CC(C)(C)O[C@H]1C[C@@H](NC(=O)C23CCC(c4ccc(OC/C(=C/F)CN)cc4)(CC2)CC3)C1. The quantitative estimate of drug-likeness (QED) is 0.579. The Morgan fingerprint density at radius 2 is 1.73 bits per heavy atom. The van der Waals surface area contributed by atoms with Gasteiger partial charge in [0, 0.05) is 23.6 Å². The number of hydrogen-bond donors (Lipinski definition) is 2. The van der Waals surface area contributed by atoms with Gasteiger partial charge in [0.1, 0.15) is 12.4 Å². The molecule has 0 unspecified atom stereocenters. The van der Waals surface area contributed by atoms with Gasteiger partial charge in [-0.2, -0.15) is 0 Å². The van der Waals surface area contributed by atoms with Gasteiger partial charge in [0.05, 0.1) is 18.0 Å². The predicted molar refractivity (Wildman–Crippen MR) is 128 cm³/mol. The molecule has 3 N–H and O–H groups in total. The van der Waals surface area contributed by atoms with Crippen molar-refractivity contribution >= 4 is 5.91 Å². The number of rotatable bonds is 8. The molecule has 5 nitrogen and oxygen atoms in total. The summed E-state index contributed by atoms with van der Waals surface area (Å²) in [5.41, 5.74) is 7.08. The van der Waals surface area contributed by atoms with E-state index in [-0.39, 0.29) is 47.6 Å². The average Bonchev–Trinajstić information content (AvgIpc) is 2.79. The Hall–Kier alpha value is -1.92. The maximum absolute atomic E-state index is 13.2. The Kier molecular flexibility index (Phi) is 6.88. The predicted octanol–water partition coefficient (Wildman–Crippen LogP) is 4.93. The van der Waals surface area contributed by atoms with Crippen molar-refractivity contribution in [2.24, 2.45) is 11.1 Å². The summed E-state index contributed by atoms with van der Waals surface area (Å²) < 4.78 is 24.3. The second-order valence-electron chi connectivity index (χ2n) is 11.3. The third-order valence-corrected chi connectivity index (χ3v) is 7.99. The van der Waals surface area contributed by atoms with Crippen LogP contribution in [-0.4, -0.2) is 36.8 Å². The first-order valence-electron chi connectivity index (χ1n) is 12.4. The molecule has 0 saturated heterocycles. The highest BCUT2D eigenvalue weighted by molar-refractivity contribution is 5.83. The fourth-order valence-electron chi connectivity index (χ4n) is 5.79. The summed E-state index contributed by atoms with van der Waals surface area (Å²) in [5, 5.41) is 3.34. The Balaban J connectivity index is 1.29. The van der Waals surface area contributed by atoms with Crippen LogP contribution in [0.5, 0.6) is 5.75 Å². The van der Waals surface area contributed by atoms with Crippen LogP contribution >= 0.6 is 0 Å². The number of carbonyl (C=O) groups is 1. The number of carbonyl (C=O) groups excluding carboxylic acids is 1. The second kappa shape index (κ2) is 9.38. The van der Waals surface area contributed by atoms with Crippen molar-refractivity contribution in [2.45, 2.75) is 95.3 Å². The first-order valence-corrected chi connectivity index (χ1v) is 12.4. The minimum Gasteiger partial charge on any atom is -0.489 e. The van der Waals surface area contributed by atoms with Crippen molar-refractivity contribution in [2.75, 3.05) is 13.2 Å². The molecule has 0 atom stereocenters. The summed E-state index contributed by atoms with van der Waals surface area (Å²) in [4.78, 5) is 13.2. The molecule has 6 heteroatoms. The zero-order valence-corrected chi connectivity index (χ0v) is 20.3. The molecule has 1 aromatic rings. The van der Waals surface area contributed by atoms with Crippen molar-refractivity contribution in [1.82, 2.24) is 5.32 Å². The van der Waals surface area contributed by atoms with E-state index in [2.05, 4.69) is 38.2 Å². The minimum absolute atomic E-state index is 0.127. The van der Waals surface area contributed by atoms with Crippen LogP contribution in [0.15, 0.2) is 36.2 Å². The fraction of sp³-hybridized carbons (Fsp3) is 0.667. The van der Waals surface area contributed by atoms with E-state index in [9.17, 15) is 9.18 Å². The average molecular weight is 459 g/mol. The zero-order chi connectivity index (χ0) is 23.7. The Morgan fingerprint density at radius 1 is 1.12 bits per heavy atom. The van der Waals surface area contributed by atoms with Crippen LogP contribution in [0.2, 0.25) is 0 Å². The van der Waals surface area contributed by atoms with Crippen LogP contribution in [0, 0.1) is 5.41 Å². The lowest BCUT2D eigenvalue weighted by molar-refractivity contribution is -0.143. The monoisotopic (exact) mass is 458 g/mol. The van der Waals surface area contributed by atoms with Gasteiger partial charge in [-0.1, -0.05) is 12.1 Å². The third kappa shape index (κ3) is 5.27. The molecular formula is C27H39FN2O3. The van der Waals surface area contributed by atoms with Gasteiger partial charge in [0.15, 0.2) is 0 Å². The summed E-state index contributed by atoms with van der Waals surface area (Å²) in [6.07, 6.45) is 8.61. The van der Waals surface area contributed by atoms with Crippen LogP contribution in [0.3, 0.4) is 0 Å². The molecule has 0 heterocycles. The van der Waals surface area contributed by atoms with E-state index in [1.54, 1.807) is 0 Å². The molecule has 1 amide bonds. The van der Waals surface area contributed by atoms with E-state index in [0.29, 0.717) is 11.9 Å². The molecule has 2 bridgehead atoms. The van der Waals surface area contributed by atoms with Gasteiger partial charge >= 0.3 is 0 Å². The third-order valence-electron chi connectivity index (χ3n) is 7.99. The van der Waals surface area contributed by atoms with Crippen molar-refractivity contribution in [3.05, 3.63) is 41.7 Å². The largest absolute Gasteiger partial charge is 0.489 e. The molecular weight excluding hydrogens is 419 g/mol. The fourth-order valence-corrected chi connectivity index (χ4v) is 5.79. The normalized spacial score (nSPS) is 31.7. The van der Waals surface area contributed by atoms with Gasteiger partial charge in [0.2, 0.25) is 5.91 Å². The van der Waals surface area contributed by atoms with E-state index < -0.39 is 0 Å². The maximum atomic E-state index is 13.2. The van der Waals surface area contributed by atoms with E-state index >= 15 is 0 Å². The van der Waals surface area contributed by atoms with Crippen molar-refractivity contribution in [3.8, 4) is 5.75 Å². The lowest BCUT2D eigenvalue weighted by Gasteiger charge is -2.53. The first-order chi connectivity index (χ1) is 15.7. The van der Waals surface area contributed by atoms with Crippen LogP contribution in [0.25, 0.3) is 0 Å². The van der Waals surface area contributed by atoms with E-state index in [1.165, 1.54) is 5.56 Å². The Bertz CT molecular complexity index is 844. The number of nitrogens with one attached hydrogen (secondary N) is 1. The van der Waals surface area contributed by atoms with Gasteiger partial charge in [-0.15, -0.1) is 0 Å². The summed E-state index contributed by atoms with van der Waals surface area (Å²) in [6, 6.07) is 8.46. The topological polar surface area (TPSA) is 73.6 Å². The van der Waals surface area contributed by atoms with E-state index in [0.717, 1.165) is 57.1 Å². The minimum atomic E-state index is -0.196. The Labute approximate surface area is 197 Å². The summed E-state index contributed by atoms with van der Waals surface area (Å²) in [7, 11) is 0. The molecule has 0 radical (unpaired) electrons. The maximum Gasteiger partial charge on any atom is 0.226 e. The van der Waals surface area contributed by atoms with E-state index in [1.807, 2.05) is 12.1 Å². The Morgan fingerprint density at radius 3 is 2.24 bits per heavy atom. The number of hydrogen-bond acceptors (Lipinski definition) is 4. The lowest BCUT2D eigenvalue weighted by Crippen LogP contribution is -2.56. The molecule has 0 spiro atoms. The number of benzene rings is 1. The number of amides is 1. The van der Waals surface area contributed by atoms with Gasteiger partial charge in [-0.05, 0) is 95.2 Å². The molecule has 5 rings (SSSR count). The number of halogens is 1. The number of fused-ring (bicyclic) bond motifs is 3. The molecule has 1 aromatic carbocycles. The molecule has 4 fully saturated rings. The van der Waals surface area contributed by atoms with Crippen LogP contribution in [0.1, 0.15) is 77.7 Å². The molecule has 4 saturated carbocycles. The zero-order valence-electron chi connectivity index (χ0n) is 20.3. The van der Waals surface area contributed by atoms with Crippen molar-refractivity contribution in [1.29, 1.82) is 0 Å². The van der Waals surface area contributed by atoms with Gasteiger partial charge < -0.3 is 20.5 Å². The summed E-state index contributed by atoms with van der Waals surface area (Å²) in [6.45, 7) is 6.56. The van der Waals surface area contributed by atoms with Gasteiger partial charge in [-0.25, -0.2) is 4.39 Å². The van der Waals surface area contributed by atoms with E-state index in [4.69, 9.17) is 15.2 Å². The van der Waals surface area contributed by atoms with Crippen LogP contribution in [-0.2, 0) is 14.9 Å².